The number of fused-ring (bicyclic) bond motifs is 6. The van der Waals surface area contributed by atoms with Crippen LogP contribution in [-0.2, 0) is 0 Å². The van der Waals surface area contributed by atoms with Crippen LogP contribution in [0.25, 0.3) is 22.3 Å². The van der Waals surface area contributed by atoms with E-state index in [1.807, 2.05) is 0 Å². The summed E-state index contributed by atoms with van der Waals surface area (Å²) in [4.78, 5) is 7.07. The fourth-order valence-corrected chi connectivity index (χ4v) is 12.4. The second kappa shape index (κ2) is 19.4. The van der Waals surface area contributed by atoms with E-state index in [1.54, 1.807) is 0 Å². The van der Waals surface area contributed by atoms with E-state index in [2.05, 4.69) is 312 Å². The van der Waals surface area contributed by atoms with Crippen LogP contribution in [0.3, 0.4) is 0 Å². The number of rotatable bonds is 10. The Labute approximate surface area is 461 Å². The van der Waals surface area contributed by atoms with Gasteiger partial charge in [-0.25, -0.2) is 0 Å². The van der Waals surface area contributed by atoms with Gasteiger partial charge in [0.15, 0.2) is 0 Å². The molecule has 0 atom stereocenters. The highest BCUT2D eigenvalue weighted by atomic mass is 16.5. The number of ether oxygens (including phenoxy) is 2. The molecule has 5 nitrogen and oxygen atoms in total. The molecule has 0 aliphatic carbocycles. The molecule has 0 unspecified atom stereocenters. The predicted molar refractivity (Wildman–Crippen MR) is 330 cm³/mol. The third kappa shape index (κ3) is 7.97. The van der Waals surface area contributed by atoms with Gasteiger partial charge in [0.1, 0.15) is 23.0 Å². The van der Waals surface area contributed by atoms with Crippen LogP contribution in [0.5, 0.6) is 23.0 Å². The molecule has 0 bridgehead atoms. The standard InChI is InChI=1S/C72H49B2N3O2/c1-8-25-50(26-9-1)59-39-24-40-60(51-27-10-2-11-28-51)71(59)74-62-44-43-57(75(52-29-12-3-13-30-52)53-31-14-4-15-32-53)46-68(62)79-69-49-65-63(48-64(69)74)73-61-41-22-23-42-67(61)78-70-47-58(45-66(72(70)73)77(65)56-37-20-7-21-38-56)76(54-33-16-5-17-34-54)55-35-18-6-19-36-55/h1-49H. The fraction of sp³-hybridized carbons (Fsp3) is 0. The number of hydrogen-bond acceptors (Lipinski definition) is 5. The summed E-state index contributed by atoms with van der Waals surface area (Å²) in [5, 5.41) is 0. The second-order valence-corrected chi connectivity index (χ2v) is 20.3. The van der Waals surface area contributed by atoms with Crippen molar-refractivity contribution < 1.29 is 9.47 Å². The summed E-state index contributed by atoms with van der Waals surface area (Å²) < 4.78 is 14.8. The Morgan fingerprint density at radius 1 is 0.266 bits per heavy atom. The van der Waals surface area contributed by atoms with Crippen molar-refractivity contribution in [2.24, 2.45) is 0 Å². The van der Waals surface area contributed by atoms with Crippen molar-refractivity contribution in [1.29, 1.82) is 0 Å². The zero-order chi connectivity index (χ0) is 52.2. The number of benzene rings is 12. The zero-order valence-electron chi connectivity index (χ0n) is 43.1. The minimum Gasteiger partial charge on any atom is -0.458 e. The molecule has 15 rings (SSSR count). The van der Waals surface area contributed by atoms with Gasteiger partial charge in [0.05, 0.1) is 5.69 Å². The molecular formula is C72H49B2N3O2. The van der Waals surface area contributed by atoms with E-state index in [9.17, 15) is 0 Å². The van der Waals surface area contributed by atoms with Gasteiger partial charge in [-0.3, -0.25) is 0 Å². The van der Waals surface area contributed by atoms with Crippen molar-refractivity contribution in [3.63, 3.8) is 0 Å². The highest BCUT2D eigenvalue weighted by molar-refractivity contribution is 7.01. The van der Waals surface area contributed by atoms with E-state index in [0.29, 0.717) is 0 Å². The van der Waals surface area contributed by atoms with E-state index in [-0.39, 0.29) is 13.4 Å². The third-order valence-corrected chi connectivity index (χ3v) is 15.8. The highest BCUT2D eigenvalue weighted by Gasteiger charge is 2.45. The van der Waals surface area contributed by atoms with Crippen molar-refractivity contribution in [1.82, 2.24) is 0 Å². The minimum atomic E-state index is -0.264. The van der Waals surface area contributed by atoms with Crippen LogP contribution in [0.1, 0.15) is 0 Å². The van der Waals surface area contributed by atoms with Crippen molar-refractivity contribution in [3.05, 3.63) is 297 Å². The molecule has 0 saturated heterocycles. The Balaban J connectivity index is 1.02. The Bertz CT molecular complexity index is 4070. The Hall–Kier alpha value is -10.2. The minimum absolute atomic E-state index is 0.182. The van der Waals surface area contributed by atoms with Crippen LogP contribution in [0, 0.1) is 0 Å². The maximum atomic E-state index is 7.59. The number of anilines is 9. The van der Waals surface area contributed by atoms with E-state index in [1.165, 1.54) is 22.1 Å². The zero-order valence-corrected chi connectivity index (χ0v) is 43.1. The van der Waals surface area contributed by atoms with E-state index in [4.69, 9.17) is 9.47 Å². The van der Waals surface area contributed by atoms with E-state index < -0.39 is 0 Å². The Morgan fingerprint density at radius 2 is 0.709 bits per heavy atom. The smallest absolute Gasteiger partial charge is 0.256 e. The lowest BCUT2D eigenvalue weighted by Gasteiger charge is -2.42. The van der Waals surface area contributed by atoms with Crippen LogP contribution < -0.4 is 57.0 Å². The molecule has 0 aromatic heterocycles. The molecule has 79 heavy (non-hydrogen) atoms. The van der Waals surface area contributed by atoms with Gasteiger partial charge in [0.2, 0.25) is 0 Å². The maximum absolute atomic E-state index is 7.59. The van der Waals surface area contributed by atoms with Gasteiger partial charge in [-0.2, -0.15) is 0 Å². The second-order valence-electron chi connectivity index (χ2n) is 20.3. The Morgan fingerprint density at radius 3 is 1.28 bits per heavy atom. The van der Waals surface area contributed by atoms with Crippen LogP contribution in [0.2, 0.25) is 0 Å². The first-order chi connectivity index (χ1) is 39.2. The van der Waals surface area contributed by atoms with Crippen LogP contribution in [0.15, 0.2) is 297 Å². The molecule has 0 fully saturated rings. The molecule has 0 amide bonds. The van der Waals surface area contributed by atoms with Crippen molar-refractivity contribution in [2.45, 2.75) is 0 Å². The lowest BCUT2D eigenvalue weighted by Crippen LogP contribution is -2.62. The first-order valence-electron chi connectivity index (χ1n) is 27.1. The summed E-state index contributed by atoms with van der Waals surface area (Å²) in [6, 6.07) is 107. The molecule has 12 aromatic carbocycles. The number of hydrogen-bond donors (Lipinski definition) is 0. The molecule has 3 heterocycles. The average Bonchev–Trinajstić information content (AvgIpc) is 3.66. The lowest BCUT2D eigenvalue weighted by atomic mass is 9.31. The summed E-state index contributed by atoms with van der Waals surface area (Å²) in [6.07, 6.45) is 0. The monoisotopic (exact) mass is 1010 g/mol. The van der Waals surface area contributed by atoms with Gasteiger partial charge < -0.3 is 24.2 Å². The molecule has 0 spiro atoms. The molecular weight excluding hydrogens is 960 g/mol. The normalized spacial score (nSPS) is 12.4. The van der Waals surface area contributed by atoms with Gasteiger partial charge in [0, 0.05) is 63.7 Å². The lowest BCUT2D eigenvalue weighted by molar-refractivity contribution is 0.487. The topological polar surface area (TPSA) is 28.2 Å². The van der Waals surface area contributed by atoms with Crippen LogP contribution in [0.4, 0.5) is 51.2 Å². The highest BCUT2D eigenvalue weighted by Crippen LogP contribution is 2.47. The number of nitrogens with zero attached hydrogens (tertiary/aromatic N) is 3. The van der Waals surface area contributed by atoms with Crippen LogP contribution in [-0.4, -0.2) is 13.4 Å². The number of para-hydroxylation sites is 6. The fourth-order valence-electron chi connectivity index (χ4n) is 12.4. The molecule has 370 valence electrons. The summed E-state index contributed by atoms with van der Waals surface area (Å²) >= 11 is 0. The maximum Gasteiger partial charge on any atom is 0.256 e. The van der Waals surface area contributed by atoms with Gasteiger partial charge >= 0.3 is 0 Å². The molecule has 3 aliphatic rings. The summed E-state index contributed by atoms with van der Waals surface area (Å²) in [5.74, 6) is 3.28. The Kier molecular flexibility index (Phi) is 11.3. The van der Waals surface area contributed by atoms with Crippen LogP contribution >= 0.6 is 0 Å². The van der Waals surface area contributed by atoms with E-state index in [0.717, 1.165) is 107 Å². The average molecular weight is 1010 g/mol. The quantitative estimate of drug-likeness (QED) is 0.127. The van der Waals surface area contributed by atoms with Crippen molar-refractivity contribution in [2.75, 3.05) is 14.7 Å². The largest absolute Gasteiger partial charge is 0.458 e. The SMILES string of the molecule is c1ccc(-c2cccc(-c3ccccc3)c2B2c3ccc(N(c4ccccc4)c4ccccc4)cc3Oc3cc4c(cc32)B2c3ccccc3Oc3cc(N(c5ccccc5)c5ccccc5)cc(c32)N4c2ccccc2)cc1. The molecule has 7 heteroatoms. The van der Waals surface area contributed by atoms with Gasteiger partial charge in [-0.05, 0) is 128 Å². The molecule has 3 aliphatic heterocycles. The summed E-state index contributed by atoms with van der Waals surface area (Å²) in [6.45, 7) is -0.445. The van der Waals surface area contributed by atoms with Gasteiger partial charge in [0.25, 0.3) is 13.4 Å². The summed E-state index contributed by atoms with van der Waals surface area (Å²) in [7, 11) is 0. The van der Waals surface area contributed by atoms with Gasteiger partial charge in [-0.15, -0.1) is 0 Å². The van der Waals surface area contributed by atoms with Crippen molar-refractivity contribution >= 4 is 97.4 Å². The molecule has 0 saturated carbocycles. The predicted octanol–water partition coefficient (Wildman–Crippen LogP) is 15.0. The van der Waals surface area contributed by atoms with Crippen molar-refractivity contribution in [3.8, 4) is 45.3 Å². The first-order valence-corrected chi connectivity index (χ1v) is 27.1. The molecule has 0 N–H and O–H groups in total. The summed E-state index contributed by atoms with van der Waals surface area (Å²) in [5.41, 5.74) is 20.8. The molecule has 0 radical (unpaired) electrons. The molecule has 12 aromatic rings. The van der Waals surface area contributed by atoms with E-state index >= 15 is 0 Å². The first kappa shape index (κ1) is 46.1. The third-order valence-electron chi connectivity index (χ3n) is 15.8. The van der Waals surface area contributed by atoms with Gasteiger partial charge in [-0.1, -0.05) is 206 Å².